The highest BCUT2D eigenvalue weighted by atomic mass is 28.3. The van der Waals surface area contributed by atoms with Crippen molar-refractivity contribution in [2.24, 2.45) is 0 Å². The van der Waals surface area contributed by atoms with E-state index in [9.17, 15) is 4.79 Å². The molecule has 0 atom stereocenters. The Labute approximate surface area is 159 Å². The molecule has 26 heavy (non-hydrogen) atoms. The number of ether oxygens (including phenoxy) is 1. The number of carbonyl (C=O) groups is 1. The van der Waals surface area contributed by atoms with Crippen LogP contribution < -0.4 is 5.19 Å². The maximum absolute atomic E-state index is 12.9. The smallest absolute Gasteiger partial charge is 0.463 e. The average molecular weight is 374 g/mol. The number of benzene rings is 1. The SMILES string of the molecule is CCOC(=O)/C(B1OC(C)(C)C(C)(C)O1)=C(\C)[Si](C)(C)c1ccccc1. The molecular weight excluding hydrogens is 343 g/mol. The summed E-state index contributed by atoms with van der Waals surface area (Å²) >= 11 is 0. The fourth-order valence-electron chi connectivity index (χ4n) is 3.00. The van der Waals surface area contributed by atoms with Crippen molar-refractivity contribution in [3.63, 3.8) is 0 Å². The van der Waals surface area contributed by atoms with E-state index in [1.165, 1.54) is 5.19 Å². The Bertz CT molecular complexity index is 679. The van der Waals surface area contributed by atoms with Gasteiger partial charge in [-0.3, -0.25) is 0 Å². The first-order valence-electron chi connectivity index (χ1n) is 9.23. The molecule has 0 spiro atoms. The first kappa shape index (κ1) is 20.9. The monoisotopic (exact) mass is 374 g/mol. The van der Waals surface area contributed by atoms with Gasteiger partial charge in [-0.25, -0.2) is 4.79 Å². The molecule has 0 aliphatic carbocycles. The molecule has 142 valence electrons. The van der Waals surface area contributed by atoms with Gasteiger partial charge in [-0.05, 0) is 41.5 Å². The number of esters is 1. The summed E-state index contributed by atoms with van der Waals surface area (Å²) in [7, 11) is -2.79. The zero-order valence-electron chi connectivity index (χ0n) is 17.3. The van der Waals surface area contributed by atoms with Gasteiger partial charge in [0.1, 0.15) is 8.07 Å². The number of rotatable bonds is 5. The second-order valence-electron chi connectivity index (χ2n) is 8.34. The molecule has 0 bridgehead atoms. The molecule has 1 aromatic rings. The third kappa shape index (κ3) is 3.82. The maximum Gasteiger partial charge on any atom is 0.501 e. The van der Waals surface area contributed by atoms with Crippen molar-refractivity contribution in [3.8, 4) is 0 Å². The van der Waals surface area contributed by atoms with E-state index in [1.54, 1.807) is 0 Å². The number of carbonyl (C=O) groups excluding carboxylic acids is 1. The summed E-state index contributed by atoms with van der Waals surface area (Å²) in [6, 6.07) is 10.3. The van der Waals surface area contributed by atoms with E-state index in [1.807, 2.05) is 59.7 Å². The molecule has 0 N–H and O–H groups in total. The van der Waals surface area contributed by atoms with Gasteiger partial charge in [0.2, 0.25) is 0 Å². The summed E-state index contributed by atoms with van der Waals surface area (Å²) in [5.74, 6) is -0.347. The molecule has 0 aromatic heterocycles. The molecule has 2 rings (SSSR count). The minimum absolute atomic E-state index is 0.322. The van der Waals surface area contributed by atoms with Gasteiger partial charge in [0, 0.05) is 0 Å². The largest absolute Gasteiger partial charge is 0.501 e. The molecule has 1 heterocycles. The van der Waals surface area contributed by atoms with E-state index >= 15 is 0 Å². The van der Waals surface area contributed by atoms with E-state index in [4.69, 9.17) is 14.0 Å². The van der Waals surface area contributed by atoms with Crippen molar-refractivity contribution in [1.29, 1.82) is 0 Å². The molecule has 0 radical (unpaired) electrons. The van der Waals surface area contributed by atoms with Crippen LogP contribution in [0.2, 0.25) is 13.1 Å². The lowest BCUT2D eigenvalue weighted by molar-refractivity contribution is -0.138. The minimum atomic E-state index is -2.08. The summed E-state index contributed by atoms with van der Waals surface area (Å²) in [5, 5.41) is 2.29. The summed E-state index contributed by atoms with van der Waals surface area (Å²) in [6.45, 7) is 16.6. The predicted molar refractivity (Wildman–Crippen MR) is 109 cm³/mol. The average Bonchev–Trinajstić information content (AvgIpc) is 2.76. The number of hydrogen-bond donors (Lipinski definition) is 0. The second-order valence-corrected chi connectivity index (χ2v) is 12.9. The maximum atomic E-state index is 12.9. The Kier molecular flexibility index (Phi) is 5.90. The Morgan fingerprint density at radius 3 is 2.04 bits per heavy atom. The first-order chi connectivity index (χ1) is 11.9. The number of hydrogen-bond acceptors (Lipinski definition) is 4. The highest BCUT2D eigenvalue weighted by molar-refractivity contribution is 6.96. The third-order valence-electron chi connectivity index (χ3n) is 5.82. The lowest BCUT2D eigenvalue weighted by Crippen LogP contribution is -2.46. The lowest BCUT2D eigenvalue weighted by Gasteiger charge is -2.32. The van der Waals surface area contributed by atoms with Crippen LogP contribution in [-0.2, 0) is 18.8 Å². The van der Waals surface area contributed by atoms with Gasteiger partial charge in [0.25, 0.3) is 0 Å². The Morgan fingerprint density at radius 2 is 1.58 bits per heavy atom. The fourth-order valence-corrected chi connectivity index (χ4v) is 5.36. The van der Waals surface area contributed by atoms with Crippen LogP contribution >= 0.6 is 0 Å². The van der Waals surface area contributed by atoms with E-state index in [2.05, 4.69) is 25.2 Å². The fraction of sp³-hybridized carbons (Fsp3) is 0.550. The zero-order chi connectivity index (χ0) is 19.8. The molecular formula is C20H31BO4Si. The Balaban J connectivity index is 2.54. The van der Waals surface area contributed by atoms with Crippen molar-refractivity contribution in [3.05, 3.63) is 41.0 Å². The van der Waals surface area contributed by atoms with Crippen LogP contribution in [0.5, 0.6) is 0 Å². The summed E-state index contributed by atoms with van der Waals surface area (Å²) in [6.07, 6.45) is 0. The van der Waals surface area contributed by atoms with Gasteiger partial charge in [-0.15, -0.1) is 0 Å². The molecule has 0 amide bonds. The first-order valence-corrected chi connectivity index (χ1v) is 12.2. The van der Waals surface area contributed by atoms with Gasteiger partial charge in [-0.1, -0.05) is 53.8 Å². The molecule has 1 fully saturated rings. The normalized spacial score (nSPS) is 19.9. The molecule has 1 saturated heterocycles. The molecule has 1 aliphatic heterocycles. The Hall–Kier alpha value is -1.37. The van der Waals surface area contributed by atoms with Gasteiger partial charge in [0.05, 0.1) is 23.3 Å². The van der Waals surface area contributed by atoms with Crippen molar-refractivity contribution in [2.45, 2.75) is 65.8 Å². The Morgan fingerprint density at radius 1 is 1.08 bits per heavy atom. The van der Waals surface area contributed by atoms with Crippen LogP contribution in [0, 0.1) is 0 Å². The quantitative estimate of drug-likeness (QED) is 0.448. The standard InChI is InChI=1S/C20H31BO4Si/c1-9-23-18(22)17(21-24-19(3,4)20(5,6)25-21)15(2)26(7,8)16-13-11-10-12-14-16/h10-14H,9H2,1-8H3/b17-15-. The van der Waals surface area contributed by atoms with Gasteiger partial charge in [-0.2, -0.15) is 0 Å². The zero-order valence-corrected chi connectivity index (χ0v) is 18.3. The lowest BCUT2D eigenvalue weighted by atomic mass is 9.77. The molecule has 0 saturated carbocycles. The van der Waals surface area contributed by atoms with Gasteiger partial charge >= 0.3 is 13.1 Å². The number of allylic oxidation sites excluding steroid dienone is 1. The second kappa shape index (κ2) is 7.33. The van der Waals surface area contributed by atoms with Crippen molar-refractivity contribution in [1.82, 2.24) is 0 Å². The van der Waals surface area contributed by atoms with Crippen molar-refractivity contribution < 1.29 is 18.8 Å². The van der Waals surface area contributed by atoms with E-state index in [-0.39, 0.29) is 5.97 Å². The van der Waals surface area contributed by atoms with Crippen LogP contribution in [-0.4, -0.2) is 39.0 Å². The molecule has 6 heteroatoms. The van der Waals surface area contributed by atoms with Gasteiger partial charge in [0.15, 0.2) is 0 Å². The molecule has 0 unspecified atom stereocenters. The van der Waals surface area contributed by atoms with Crippen LogP contribution in [0.4, 0.5) is 0 Å². The minimum Gasteiger partial charge on any atom is -0.463 e. The van der Waals surface area contributed by atoms with Crippen molar-refractivity contribution in [2.75, 3.05) is 6.61 Å². The molecule has 1 aromatic carbocycles. The van der Waals surface area contributed by atoms with E-state index in [0.29, 0.717) is 12.1 Å². The van der Waals surface area contributed by atoms with Crippen LogP contribution in [0.25, 0.3) is 0 Å². The van der Waals surface area contributed by atoms with Gasteiger partial charge < -0.3 is 14.0 Å². The van der Waals surface area contributed by atoms with Crippen LogP contribution in [0.1, 0.15) is 41.5 Å². The van der Waals surface area contributed by atoms with Crippen LogP contribution in [0.15, 0.2) is 41.0 Å². The summed E-state index contributed by atoms with van der Waals surface area (Å²) < 4.78 is 17.7. The van der Waals surface area contributed by atoms with E-state index in [0.717, 1.165) is 5.20 Å². The molecule has 4 nitrogen and oxygen atoms in total. The third-order valence-corrected chi connectivity index (χ3v) is 9.74. The molecule has 1 aliphatic rings. The summed E-state index contributed by atoms with van der Waals surface area (Å²) in [5.41, 5.74) is -0.492. The van der Waals surface area contributed by atoms with Crippen molar-refractivity contribution >= 4 is 26.3 Å². The highest BCUT2D eigenvalue weighted by Crippen LogP contribution is 2.40. The summed E-state index contributed by atoms with van der Waals surface area (Å²) in [4.78, 5) is 12.9. The topological polar surface area (TPSA) is 44.8 Å². The van der Waals surface area contributed by atoms with Crippen LogP contribution in [0.3, 0.4) is 0 Å². The van der Waals surface area contributed by atoms with E-state index < -0.39 is 26.4 Å². The predicted octanol–water partition coefficient (Wildman–Crippen LogP) is 3.65. The highest BCUT2D eigenvalue weighted by Gasteiger charge is 2.55.